The van der Waals surface area contributed by atoms with Crippen LogP contribution in [-0.4, -0.2) is 58.0 Å². The number of carbonyl (C=O) groups excluding carboxylic acids is 2. The minimum absolute atomic E-state index is 0.0413. The Bertz CT molecular complexity index is 1430. The van der Waals surface area contributed by atoms with Gasteiger partial charge in [-0.3, -0.25) is 13.9 Å². The molecule has 226 valence electrons. The van der Waals surface area contributed by atoms with Crippen LogP contribution in [0.4, 0.5) is 5.69 Å². The zero-order chi connectivity index (χ0) is 30.7. The van der Waals surface area contributed by atoms with Crippen molar-refractivity contribution >= 4 is 39.1 Å². The Hall–Kier alpha value is -3.76. The van der Waals surface area contributed by atoms with Gasteiger partial charge in [-0.1, -0.05) is 49.7 Å². The van der Waals surface area contributed by atoms with E-state index in [0.29, 0.717) is 36.1 Å². The van der Waals surface area contributed by atoms with Crippen molar-refractivity contribution in [1.29, 1.82) is 0 Å². The Morgan fingerprint density at radius 3 is 2.21 bits per heavy atom. The van der Waals surface area contributed by atoms with Gasteiger partial charge in [0.1, 0.15) is 24.1 Å². The summed E-state index contributed by atoms with van der Waals surface area (Å²) in [6, 6.07) is 18.7. The van der Waals surface area contributed by atoms with Gasteiger partial charge in [-0.15, -0.1) is 0 Å². The van der Waals surface area contributed by atoms with E-state index >= 15 is 0 Å². The Labute approximate surface area is 253 Å². The third-order valence-electron chi connectivity index (χ3n) is 6.56. The van der Waals surface area contributed by atoms with Crippen LogP contribution >= 0.6 is 11.6 Å². The second-order valence-electron chi connectivity index (χ2n) is 9.45. The Balaban J connectivity index is 2.09. The van der Waals surface area contributed by atoms with Gasteiger partial charge in [0.05, 0.1) is 24.3 Å². The van der Waals surface area contributed by atoms with Crippen molar-refractivity contribution in [3.63, 3.8) is 0 Å². The number of anilines is 1. The van der Waals surface area contributed by atoms with E-state index in [-0.39, 0.29) is 23.0 Å². The summed E-state index contributed by atoms with van der Waals surface area (Å²) in [4.78, 5) is 28.8. The van der Waals surface area contributed by atoms with E-state index in [9.17, 15) is 18.0 Å². The number of benzene rings is 3. The smallest absolute Gasteiger partial charge is 0.264 e. The molecule has 0 spiro atoms. The molecule has 0 aliphatic heterocycles. The second-order valence-corrected chi connectivity index (χ2v) is 11.7. The van der Waals surface area contributed by atoms with E-state index in [4.69, 9.17) is 21.1 Å². The standard InChI is InChI=1S/C31H38ClN3O6S/c1-5-20-33-31(37)27(6-2)34(21-23-12-16-25(40-4)17-13-23)30(36)22-35(28-10-8-9-11-29(28)41-7-3)42(38,39)26-18-14-24(32)15-19-26/h8-19,27H,5-7,20-22H2,1-4H3,(H,33,37)/t27-/m0/s1. The number of methoxy groups -OCH3 is 1. The lowest BCUT2D eigenvalue weighted by Crippen LogP contribution is -2.52. The molecular weight excluding hydrogens is 578 g/mol. The minimum Gasteiger partial charge on any atom is -0.497 e. The number of nitrogens with zero attached hydrogens (tertiary/aromatic N) is 2. The molecule has 3 rings (SSSR count). The average molecular weight is 616 g/mol. The Kier molecular flexibility index (Phi) is 12.1. The van der Waals surface area contributed by atoms with Gasteiger partial charge >= 0.3 is 0 Å². The SMILES string of the molecule is CCCNC(=O)[C@H](CC)N(Cc1ccc(OC)cc1)C(=O)CN(c1ccccc1OCC)S(=O)(=O)c1ccc(Cl)cc1. The highest BCUT2D eigenvalue weighted by Gasteiger charge is 2.34. The topological polar surface area (TPSA) is 105 Å². The number of amides is 2. The van der Waals surface area contributed by atoms with E-state index in [2.05, 4.69) is 5.32 Å². The van der Waals surface area contributed by atoms with Gasteiger partial charge in [-0.05, 0) is 73.9 Å². The monoisotopic (exact) mass is 615 g/mol. The molecule has 3 aromatic carbocycles. The predicted molar refractivity (Wildman–Crippen MR) is 165 cm³/mol. The Morgan fingerprint density at radius 2 is 1.62 bits per heavy atom. The van der Waals surface area contributed by atoms with Crippen LogP contribution in [0, 0.1) is 0 Å². The van der Waals surface area contributed by atoms with Crippen LogP contribution in [0.5, 0.6) is 11.5 Å². The van der Waals surface area contributed by atoms with E-state index in [1.165, 1.54) is 29.2 Å². The largest absolute Gasteiger partial charge is 0.497 e. The molecule has 0 aliphatic rings. The van der Waals surface area contributed by atoms with Gasteiger partial charge in [-0.2, -0.15) is 0 Å². The fraction of sp³-hybridized carbons (Fsp3) is 0.355. The number of sulfonamides is 1. The van der Waals surface area contributed by atoms with Gasteiger partial charge in [0.15, 0.2) is 0 Å². The zero-order valence-electron chi connectivity index (χ0n) is 24.4. The van der Waals surface area contributed by atoms with Crippen LogP contribution in [0.15, 0.2) is 77.7 Å². The summed E-state index contributed by atoms with van der Waals surface area (Å²) < 4.78 is 40.2. The Morgan fingerprint density at radius 1 is 0.952 bits per heavy atom. The van der Waals surface area contributed by atoms with E-state index in [0.717, 1.165) is 16.3 Å². The van der Waals surface area contributed by atoms with Crippen LogP contribution in [0.25, 0.3) is 0 Å². The molecule has 2 amide bonds. The van der Waals surface area contributed by atoms with Gasteiger partial charge < -0.3 is 19.7 Å². The number of hydrogen-bond donors (Lipinski definition) is 1. The third kappa shape index (κ3) is 8.17. The fourth-order valence-electron chi connectivity index (χ4n) is 4.40. The molecule has 0 unspecified atom stereocenters. The average Bonchev–Trinajstić information content (AvgIpc) is 2.99. The first-order chi connectivity index (χ1) is 20.2. The number of rotatable bonds is 15. The predicted octanol–water partition coefficient (Wildman–Crippen LogP) is 5.28. The van der Waals surface area contributed by atoms with Crippen molar-refractivity contribution in [3.8, 4) is 11.5 Å². The van der Waals surface area contributed by atoms with Crippen LogP contribution in [0.2, 0.25) is 5.02 Å². The molecule has 42 heavy (non-hydrogen) atoms. The molecule has 3 aromatic rings. The molecule has 1 atom stereocenters. The minimum atomic E-state index is -4.26. The first kappa shape index (κ1) is 32.8. The first-order valence-electron chi connectivity index (χ1n) is 13.9. The molecule has 1 N–H and O–H groups in total. The highest BCUT2D eigenvalue weighted by Crippen LogP contribution is 2.33. The molecule has 0 heterocycles. The summed E-state index contributed by atoms with van der Waals surface area (Å²) in [5, 5.41) is 3.25. The maximum Gasteiger partial charge on any atom is 0.264 e. The molecule has 0 fully saturated rings. The number of ether oxygens (including phenoxy) is 2. The molecule has 0 bridgehead atoms. The summed E-state index contributed by atoms with van der Waals surface area (Å²) >= 11 is 6.03. The van der Waals surface area contributed by atoms with Crippen LogP contribution in [0.1, 0.15) is 39.2 Å². The van der Waals surface area contributed by atoms with E-state index in [1.54, 1.807) is 50.4 Å². The number of carbonyl (C=O) groups is 2. The van der Waals surface area contributed by atoms with Gasteiger partial charge in [0.25, 0.3) is 10.0 Å². The number of nitrogens with one attached hydrogen (secondary N) is 1. The summed E-state index contributed by atoms with van der Waals surface area (Å²) in [7, 11) is -2.70. The van der Waals surface area contributed by atoms with Crippen LogP contribution in [-0.2, 0) is 26.2 Å². The molecule has 11 heteroatoms. The highest BCUT2D eigenvalue weighted by atomic mass is 35.5. The normalized spacial score (nSPS) is 11.8. The number of halogens is 1. The summed E-state index contributed by atoms with van der Waals surface area (Å²) in [5.41, 5.74) is 0.961. The van der Waals surface area contributed by atoms with Crippen molar-refractivity contribution in [1.82, 2.24) is 10.2 Å². The van der Waals surface area contributed by atoms with Crippen molar-refractivity contribution in [2.24, 2.45) is 0 Å². The summed E-state index contributed by atoms with van der Waals surface area (Å²) in [5.74, 6) is 0.105. The molecule has 0 aromatic heterocycles. The lowest BCUT2D eigenvalue weighted by Gasteiger charge is -2.33. The van der Waals surface area contributed by atoms with Crippen LogP contribution in [0.3, 0.4) is 0 Å². The fourth-order valence-corrected chi connectivity index (χ4v) is 5.95. The van der Waals surface area contributed by atoms with Gasteiger partial charge in [0.2, 0.25) is 11.8 Å². The maximum atomic E-state index is 14.2. The molecule has 0 aliphatic carbocycles. The maximum absolute atomic E-state index is 14.2. The number of hydrogen-bond acceptors (Lipinski definition) is 6. The van der Waals surface area contributed by atoms with E-state index < -0.39 is 28.5 Å². The summed E-state index contributed by atoms with van der Waals surface area (Å²) in [6.07, 6.45) is 1.06. The van der Waals surface area contributed by atoms with Crippen molar-refractivity contribution in [2.45, 2.75) is 51.1 Å². The van der Waals surface area contributed by atoms with Gasteiger partial charge in [-0.25, -0.2) is 8.42 Å². The molecular formula is C31H38ClN3O6S. The lowest BCUT2D eigenvalue weighted by molar-refractivity contribution is -0.140. The van der Waals surface area contributed by atoms with Crippen molar-refractivity contribution in [3.05, 3.63) is 83.4 Å². The molecule has 9 nitrogen and oxygen atoms in total. The molecule has 0 saturated carbocycles. The quantitative estimate of drug-likeness (QED) is 0.250. The third-order valence-corrected chi connectivity index (χ3v) is 8.59. The molecule has 0 radical (unpaired) electrons. The van der Waals surface area contributed by atoms with Crippen LogP contribution < -0.4 is 19.1 Å². The first-order valence-corrected chi connectivity index (χ1v) is 15.7. The highest BCUT2D eigenvalue weighted by molar-refractivity contribution is 7.92. The van der Waals surface area contributed by atoms with Crippen molar-refractivity contribution < 1.29 is 27.5 Å². The van der Waals surface area contributed by atoms with E-state index in [1.807, 2.05) is 26.0 Å². The zero-order valence-corrected chi connectivity index (χ0v) is 26.0. The number of para-hydroxylation sites is 2. The summed E-state index contributed by atoms with van der Waals surface area (Å²) in [6.45, 7) is 5.81. The van der Waals surface area contributed by atoms with Crippen molar-refractivity contribution in [2.75, 3.05) is 31.1 Å². The second kappa shape index (κ2) is 15.5. The molecule has 0 saturated heterocycles. The lowest BCUT2D eigenvalue weighted by atomic mass is 10.1. The van der Waals surface area contributed by atoms with Gasteiger partial charge in [0, 0.05) is 18.1 Å².